The molecule has 0 saturated heterocycles. The van der Waals surface area contributed by atoms with E-state index in [0.717, 1.165) is 17.5 Å². The predicted molar refractivity (Wildman–Crippen MR) is 66.1 cm³/mol. The second-order valence-electron chi connectivity index (χ2n) is 4.42. The van der Waals surface area contributed by atoms with Gasteiger partial charge in [0.15, 0.2) is 0 Å². The van der Waals surface area contributed by atoms with Crippen LogP contribution in [-0.4, -0.2) is 27.2 Å². The molecule has 0 aromatic carbocycles. The van der Waals surface area contributed by atoms with Gasteiger partial charge in [-0.15, -0.1) is 0 Å². The van der Waals surface area contributed by atoms with Gasteiger partial charge in [-0.25, -0.2) is 4.79 Å². The lowest BCUT2D eigenvalue weighted by Crippen LogP contribution is -2.46. The first-order valence-electron chi connectivity index (χ1n) is 5.81. The summed E-state index contributed by atoms with van der Waals surface area (Å²) in [7, 11) is 3.20. The van der Waals surface area contributed by atoms with Crippen molar-refractivity contribution in [3.63, 3.8) is 0 Å². The summed E-state index contributed by atoms with van der Waals surface area (Å²) in [5, 5.41) is 3.15. The Morgan fingerprint density at radius 1 is 1.24 bits per heavy atom. The Morgan fingerprint density at radius 3 is 2.59 bits per heavy atom. The summed E-state index contributed by atoms with van der Waals surface area (Å²) >= 11 is 0. The molecule has 1 aliphatic rings. The van der Waals surface area contributed by atoms with Gasteiger partial charge in [0, 0.05) is 20.6 Å². The Labute approximate surface area is 99.5 Å². The summed E-state index contributed by atoms with van der Waals surface area (Å²) in [5.74, 6) is 0.658. The van der Waals surface area contributed by atoms with Crippen LogP contribution in [0.25, 0.3) is 0 Å². The van der Waals surface area contributed by atoms with Crippen LogP contribution in [-0.2, 0) is 20.6 Å². The van der Waals surface area contributed by atoms with Gasteiger partial charge in [0.25, 0.3) is 5.56 Å². The molecule has 0 atom stereocenters. The molecule has 1 aromatic rings. The highest BCUT2D eigenvalue weighted by Gasteiger charge is 2.22. The fourth-order valence-electron chi connectivity index (χ4n) is 2.22. The molecule has 6 heteroatoms. The van der Waals surface area contributed by atoms with Crippen molar-refractivity contribution < 1.29 is 0 Å². The molecule has 1 N–H and O–H groups in total. The Kier molecular flexibility index (Phi) is 3.06. The van der Waals surface area contributed by atoms with Crippen LogP contribution >= 0.6 is 0 Å². The summed E-state index contributed by atoms with van der Waals surface area (Å²) < 4.78 is 2.66. The third kappa shape index (κ3) is 1.88. The van der Waals surface area contributed by atoms with Crippen molar-refractivity contribution >= 4 is 5.82 Å². The molecule has 17 heavy (non-hydrogen) atoms. The van der Waals surface area contributed by atoms with Crippen LogP contribution in [0.15, 0.2) is 9.59 Å². The molecule has 0 fully saturated rings. The molecule has 0 saturated carbocycles. The van der Waals surface area contributed by atoms with Crippen LogP contribution in [0.1, 0.15) is 18.9 Å². The zero-order chi connectivity index (χ0) is 12.6. The summed E-state index contributed by atoms with van der Waals surface area (Å²) in [6.45, 7) is 4.34. The molecule has 0 unspecified atom stereocenters. The number of nitrogens with one attached hydrogen (secondary N) is 1. The Morgan fingerprint density at radius 2 is 1.94 bits per heavy atom. The lowest BCUT2D eigenvalue weighted by atomic mass is 10.2. The molecule has 0 aliphatic carbocycles. The van der Waals surface area contributed by atoms with E-state index in [0.29, 0.717) is 24.6 Å². The lowest BCUT2D eigenvalue weighted by molar-refractivity contribution is 0.271. The summed E-state index contributed by atoms with van der Waals surface area (Å²) in [6, 6.07) is 0. The lowest BCUT2D eigenvalue weighted by Gasteiger charge is -2.30. The van der Waals surface area contributed by atoms with Crippen molar-refractivity contribution in [3.05, 3.63) is 26.4 Å². The van der Waals surface area contributed by atoms with Crippen molar-refractivity contribution in [2.75, 3.05) is 18.5 Å². The first kappa shape index (κ1) is 11.9. The van der Waals surface area contributed by atoms with E-state index in [-0.39, 0.29) is 11.2 Å². The van der Waals surface area contributed by atoms with Crippen LogP contribution in [0.2, 0.25) is 0 Å². The molecule has 2 rings (SSSR count). The van der Waals surface area contributed by atoms with E-state index in [1.165, 1.54) is 11.6 Å². The van der Waals surface area contributed by atoms with Crippen molar-refractivity contribution in [2.24, 2.45) is 14.1 Å². The fourth-order valence-corrected chi connectivity index (χ4v) is 2.22. The van der Waals surface area contributed by atoms with Crippen LogP contribution in [0.5, 0.6) is 0 Å². The quantitative estimate of drug-likeness (QED) is 0.767. The van der Waals surface area contributed by atoms with Crippen LogP contribution in [0.4, 0.5) is 5.82 Å². The van der Waals surface area contributed by atoms with Crippen molar-refractivity contribution in [1.29, 1.82) is 0 Å². The number of rotatable bonds is 2. The number of anilines is 1. The molecular weight excluding hydrogens is 220 g/mol. The number of hydrogen-bond acceptors (Lipinski definition) is 4. The molecule has 94 valence electrons. The van der Waals surface area contributed by atoms with E-state index >= 15 is 0 Å². The minimum atomic E-state index is -0.287. The van der Waals surface area contributed by atoms with Gasteiger partial charge in [-0.3, -0.25) is 18.8 Å². The molecule has 6 nitrogen and oxygen atoms in total. The highest BCUT2D eigenvalue weighted by atomic mass is 16.2. The number of nitrogens with zero attached hydrogens (tertiary/aromatic N) is 3. The molecule has 1 aromatic heterocycles. The minimum Gasteiger partial charge on any atom is -0.358 e. The van der Waals surface area contributed by atoms with Crippen LogP contribution in [0, 0.1) is 0 Å². The predicted octanol–water partition coefficient (Wildman–Crippen LogP) is -0.321. The molecule has 0 spiro atoms. The fraction of sp³-hybridized carbons (Fsp3) is 0.636. The monoisotopic (exact) mass is 238 g/mol. The third-order valence-electron chi connectivity index (χ3n) is 3.15. The largest absolute Gasteiger partial charge is 0.358 e. The minimum absolute atomic E-state index is 0.198. The van der Waals surface area contributed by atoms with Gasteiger partial charge in [0.05, 0.1) is 12.2 Å². The smallest absolute Gasteiger partial charge is 0.332 e. The third-order valence-corrected chi connectivity index (χ3v) is 3.15. The highest BCUT2D eigenvalue weighted by Crippen LogP contribution is 2.16. The van der Waals surface area contributed by atoms with E-state index in [4.69, 9.17) is 0 Å². The van der Waals surface area contributed by atoms with Crippen molar-refractivity contribution in [3.8, 4) is 0 Å². The molecule has 1 aliphatic heterocycles. The van der Waals surface area contributed by atoms with Crippen molar-refractivity contribution in [1.82, 2.24) is 14.0 Å². The zero-order valence-electron chi connectivity index (χ0n) is 10.5. The van der Waals surface area contributed by atoms with E-state index in [1.54, 1.807) is 7.05 Å². The van der Waals surface area contributed by atoms with E-state index < -0.39 is 0 Å². The van der Waals surface area contributed by atoms with Gasteiger partial charge < -0.3 is 5.32 Å². The standard InChI is InChI=1S/C11H18N4O2/c1-4-5-15-6-8-9(12-7-15)13(2)11(17)14(3)10(8)16/h12H,4-7H2,1-3H3. The first-order valence-corrected chi connectivity index (χ1v) is 5.81. The van der Waals surface area contributed by atoms with Gasteiger partial charge in [-0.05, 0) is 13.0 Å². The van der Waals surface area contributed by atoms with Crippen molar-refractivity contribution in [2.45, 2.75) is 19.9 Å². The van der Waals surface area contributed by atoms with Crippen LogP contribution < -0.4 is 16.6 Å². The summed E-state index contributed by atoms with van der Waals surface area (Å²) in [5.41, 5.74) is 0.191. The zero-order valence-corrected chi connectivity index (χ0v) is 10.5. The van der Waals surface area contributed by atoms with Crippen LogP contribution in [0.3, 0.4) is 0 Å². The first-order chi connectivity index (χ1) is 8.06. The van der Waals surface area contributed by atoms with Gasteiger partial charge in [0.1, 0.15) is 5.82 Å². The number of hydrogen-bond donors (Lipinski definition) is 1. The molecule has 2 heterocycles. The molecular formula is C11H18N4O2. The molecule has 0 radical (unpaired) electrons. The van der Waals surface area contributed by atoms with Gasteiger partial charge in [-0.2, -0.15) is 0 Å². The number of aromatic nitrogens is 2. The van der Waals surface area contributed by atoms with E-state index in [9.17, 15) is 9.59 Å². The average molecular weight is 238 g/mol. The maximum atomic E-state index is 12.0. The summed E-state index contributed by atoms with van der Waals surface area (Å²) in [6.07, 6.45) is 1.04. The second-order valence-corrected chi connectivity index (χ2v) is 4.42. The Balaban J connectivity index is 2.52. The summed E-state index contributed by atoms with van der Waals surface area (Å²) in [4.78, 5) is 25.9. The highest BCUT2D eigenvalue weighted by molar-refractivity contribution is 5.45. The maximum Gasteiger partial charge on any atom is 0.332 e. The Hall–Kier alpha value is -1.56. The average Bonchev–Trinajstić information content (AvgIpc) is 2.34. The second kappa shape index (κ2) is 4.37. The van der Waals surface area contributed by atoms with Gasteiger partial charge in [-0.1, -0.05) is 6.92 Å². The van der Waals surface area contributed by atoms with E-state index in [2.05, 4.69) is 17.1 Å². The maximum absolute atomic E-state index is 12.0. The topological polar surface area (TPSA) is 59.3 Å². The van der Waals surface area contributed by atoms with Gasteiger partial charge in [0.2, 0.25) is 0 Å². The SMILES string of the molecule is CCCN1CNc2c(c(=O)n(C)c(=O)n2C)C1. The number of fused-ring (bicyclic) bond motifs is 1. The Bertz CT molecular complexity index is 544. The molecule has 0 amide bonds. The van der Waals surface area contributed by atoms with E-state index in [1.807, 2.05) is 0 Å². The van der Waals surface area contributed by atoms with Gasteiger partial charge >= 0.3 is 5.69 Å². The normalized spacial score (nSPS) is 15.5. The molecule has 0 bridgehead atoms.